The number of likely N-dealkylation sites (tertiary alicyclic amines) is 1. The quantitative estimate of drug-likeness (QED) is 0.635. The predicted molar refractivity (Wildman–Crippen MR) is 96.1 cm³/mol. The number of piperidine rings is 1. The zero-order chi connectivity index (χ0) is 16.2. The lowest BCUT2D eigenvalue weighted by atomic mass is 9.94. The first-order chi connectivity index (χ1) is 11.9. The van der Waals surface area contributed by atoms with Crippen molar-refractivity contribution < 1.29 is 4.42 Å². The van der Waals surface area contributed by atoms with Crippen LogP contribution in [-0.2, 0) is 6.54 Å². The highest BCUT2D eigenvalue weighted by molar-refractivity contribution is 5.74. The molecule has 0 amide bonds. The van der Waals surface area contributed by atoms with E-state index in [-0.39, 0.29) is 0 Å². The molecule has 1 aromatic carbocycles. The molecule has 0 spiro atoms. The van der Waals surface area contributed by atoms with E-state index in [1.807, 2.05) is 18.5 Å². The van der Waals surface area contributed by atoms with E-state index >= 15 is 0 Å². The minimum atomic E-state index is 0.619. The molecule has 126 valence electrons. The van der Waals surface area contributed by atoms with E-state index in [0.29, 0.717) is 5.92 Å². The van der Waals surface area contributed by atoms with Gasteiger partial charge in [-0.1, -0.05) is 12.1 Å². The van der Waals surface area contributed by atoms with Crippen molar-refractivity contribution in [3.63, 3.8) is 0 Å². The number of unbranched alkanes of at least 4 members (excludes halogenated alkanes) is 1. The van der Waals surface area contributed by atoms with Crippen LogP contribution in [-0.4, -0.2) is 34.1 Å². The minimum absolute atomic E-state index is 0.619. The van der Waals surface area contributed by atoms with Crippen LogP contribution in [0.15, 0.2) is 53.4 Å². The number of hydrogen-bond acceptors (Lipinski definition) is 3. The third-order valence-corrected chi connectivity index (χ3v) is 5.18. The van der Waals surface area contributed by atoms with Crippen molar-refractivity contribution in [1.82, 2.24) is 14.5 Å². The molecule has 0 bridgehead atoms. The summed E-state index contributed by atoms with van der Waals surface area (Å²) in [4.78, 5) is 7.07. The Kier molecular flexibility index (Phi) is 4.65. The second-order valence-electron chi connectivity index (χ2n) is 6.77. The summed E-state index contributed by atoms with van der Waals surface area (Å²) in [7, 11) is 0. The molecule has 0 saturated carbocycles. The van der Waals surface area contributed by atoms with Crippen LogP contribution in [0.4, 0.5) is 0 Å². The fraction of sp³-hybridized carbons (Fsp3) is 0.450. The van der Waals surface area contributed by atoms with Gasteiger partial charge < -0.3 is 13.9 Å². The fourth-order valence-corrected chi connectivity index (χ4v) is 3.77. The number of aromatic nitrogens is 2. The first-order valence-electron chi connectivity index (χ1n) is 9.06. The van der Waals surface area contributed by atoms with Gasteiger partial charge in [0.15, 0.2) is 0 Å². The predicted octanol–water partition coefficient (Wildman–Crippen LogP) is 4.29. The molecule has 1 fully saturated rings. The monoisotopic (exact) mass is 323 g/mol. The van der Waals surface area contributed by atoms with Gasteiger partial charge in [0.2, 0.25) is 0 Å². The van der Waals surface area contributed by atoms with Crippen molar-refractivity contribution in [2.75, 3.05) is 19.6 Å². The molecule has 1 aliphatic rings. The second-order valence-corrected chi connectivity index (χ2v) is 6.77. The van der Waals surface area contributed by atoms with Crippen molar-refractivity contribution in [1.29, 1.82) is 0 Å². The van der Waals surface area contributed by atoms with Gasteiger partial charge in [-0.25, -0.2) is 4.98 Å². The van der Waals surface area contributed by atoms with E-state index in [1.54, 1.807) is 6.26 Å². The molecule has 0 radical (unpaired) electrons. The van der Waals surface area contributed by atoms with Gasteiger partial charge in [-0.15, -0.1) is 0 Å². The molecular weight excluding hydrogens is 298 g/mol. The lowest BCUT2D eigenvalue weighted by Gasteiger charge is -2.31. The summed E-state index contributed by atoms with van der Waals surface area (Å²) in [5.74, 6) is 1.79. The smallest absolute Gasteiger partial charge is 0.106 e. The van der Waals surface area contributed by atoms with E-state index in [4.69, 9.17) is 4.42 Å². The van der Waals surface area contributed by atoms with Crippen molar-refractivity contribution >= 4 is 11.0 Å². The van der Waals surface area contributed by atoms with Crippen LogP contribution in [0.1, 0.15) is 37.4 Å². The van der Waals surface area contributed by atoms with Crippen LogP contribution < -0.4 is 0 Å². The number of para-hydroxylation sites is 2. The van der Waals surface area contributed by atoms with Crippen LogP contribution in [0.3, 0.4) is 0 Å². The van der Waals surface area contributed by atoms with E-state index in [9.17, 15) is 0 Å². The van der Waals surface area contributed by atoms with Crippen molar-refractivity contribution in [3.05, 3.63) is 54.7 Å². The maximum absolute atomic E-state index is 5.56. The Hall–Kier alpha value is -2.07. The van der Waals surface area contributed by atoms with Crippen molar-refractivity contribution in [2.24, 2.45) is 0 Å². The lowest BCUT2D eigenvalue weighted by Crippen LogP contribution is -2.33. The van der Waals surface area contributed by atoms with Gasteiger partial charge in [-0.3, -0.25) is 0 Å². The molecule has 4 heteroatoms. The largest absolute Gasteiger partial charge is 0.469 e. The highest BCUT2D eigenvalue weighted by atomic mass is 16.3. The summed E-state index contributed by atoms with van der Waals surface area (Å²) >= 11 is 0. The molecule has 3 aromatic rings. The highest BCUT2D eigenvalue weighted by Crippen LogP contribution is 2.28. The summed E-state index contributed by atoms with van der Waals surface area (Å²) in [5, 5.41) is 0. The van der Waals surface area contributed by atoms with Gasteiger partial charge in [-0.2, -0.15) is 0 Å². The van der Waals surface area contributed by atoms with Gasteiger partial charge in [0.1, 0.15) is 5.76 Å². The topological polar surface area (TPSA) is 34.2 Å². The van der Waals surface area contributed by atoms with Crippen molar-refractivity contribution in [3.8, 4) is 0 Å². The SMILES string of the molecule is c1coc(C2CCN(CCCCn3cnc4ccccc43)CC2)c1. The second kappa shape index (κ2) is 7.22. The number of benzene rings is 1. The van der Waals surface area contributed by atoms with Crippen LogP contribution in [0.2, 0.25) is 0 Å². The molecule has 3 heterocycles. The Morgan fingerprint density at radius 2 is 1.83 bits per heavy atom. The summed E-state index contributed by atoms with van der Waals surface area (Å²) in [6.45, 7) is 4.65. The number of furan rings is 1. The molecule has 0 unspecified atom stereocenters. The van der Waals surface area contributed by atoms with Crippen molar-refractivity contribution in [2.45, 2.75) is 38.1 Å². The Morgan fingerprint density at radius 3 is 2.67 bits per heavy atom. The zero-order valence-electron chi connectivity index (χ0n) is 14.1. The summed E-state index contributed by atoms with van der Waals surface area (Å²) in [5.41, 5.74) is 2.34. The molecule has 1 saturated heterocycles. The Balaban J connectivity index is 1.20. The first kappa shape index (κ1) is 15.5. The third-order valence-electron chi connectivity index (χ3n) is 5.18. The zero-order valence-corrected chi connectivity index (χ0v) is 14.1. The first-order valence-corrected chi connectivity index (χ1v) is 9.06. The number of imidazole rings is 1. The van der Waals surface area contributed by atoms with Crippen LogP contribution >= 0.6 is 0 Å². The van der Waals surface area contributed by atoms with Gasteiger partial charge in [0.05, 0.1) is 23.6 Å². The molecule has 0 atom stereocenters. The Labute approximate surface area is 143 Å². The number of fused-ring (bicyclic) bond motifs is 1. The Bertz CT molecular complexity index is 754. The summed E-state index contributed by atoms with van der Waals surface area (Å²) in [6.07, 6.45) is 8.66. The number of aryl methyl sites for hydroxylation is 1. The van der Waals surface area contributed by atoms with Gasteiger partial charge >= 0.3 is 0 Å². The molecule has 1 aliphatic heterocycles. The van der Waals surface area contributed by atoms with E-state index in [2.05, 4.69) is 38.7 Å². The normalized spacial score (nSPS) is 16.8. The molecule has 0 N–H and O–H groups in total. The standard InChI is InChI=1S/C20H25N3O/c1-2-7-19-18(6-1)21-16-23(19)12-4-3-11-22-13-9-17(10-14-22)20-8-5-15-24-20/h1-2,5-8,15-17H,3-4,9-14H2. The number of rotatable bonds is 6. The lowest BCUT2D eigenvalue weighted by molar-refractivity contribution is 0.198. The molecule has 2 aromatic heterocycles. The van der Waals surface area contributed by atoms with E-state index in [1.165, 1.54) is 56.6 Å². The van der Waals surface area contributed by atoms with Gasteiger partial charge in [0.25, 0.3) is 0 Å². The fourth-order valence-electron chi connectivity index (χ4n) is 3.77. The average Bonchev–Trinajstić information content (AvgIpc) is 3.30. The molecular formula is C20H25N3O. The molecule has 24 heavy (non-hydrogen) atoms. The van der Waals surface area contributed by atoms with Crippen LogP contribution in [0, 0.1) is 0 Å². The highest BCUT2D eigenvalue weighted by Gasteiger charge is 2.21. The molecule has 4 nitrogen and oxygen atoms in total. The van der Waals surface area contributed by atoms with Crippen LogP contribution in [0.5, 0.6) is 0 Å². The molecule has 0 aliphatic carbocycles. The van der Waals surface area contributed by atoms with Gasteiger partial charge in [-0.05, 0) is 69.6 Å². The van der Waals surface area contributed by atoms with Gasteiger partial charge in [0, 0.05) is 12.5 Å². The third kappa shape index (κ3) is 3.39. The van der Waals surface area contributed by atoms with Crippen LogP contribution in [0.25, 0.3) is 11.0 Å². The maximum atomic E-state index is 5.56. The summed E-state index contributed by atoms with van der Waals surface area (Å²) in [6, 6.07) is 12.5. The van der Waals surface area contributed by atoms with E-state index in [0.717, 1.165) is 12.1 Å². The number of nitrogens with zero attached hydrogens (tertiary/aromatic N) is 3. The number of hydrogen-bond donors (Lipinski definition) is 0. The minimum Gasteiger partial charge on any atom is -0.469 e. The maximum Gasteiger partial charge on any atom is 0.106 e. The summed E-state index contributed by atoms with van der Waals surface area (Å²) < 4.78 is 7.83. The molecule has 4 rings (SSSR count). The average molecular weight is 323 g/mol. The van der Waals surface area contributed by atoms with E-state index < -0.39 is 0 Å². The Morgan fingerprint density at radius 1 is 1.00 bits per heavy atom.